The van der Waals surface area contributed by atoms with Gasteiger partial charge in [-0.1, -0.05) is 84.1 Å². The molecular formula is C92H80F11N19O3. The molecule has 0 spiro atoms. The van der Waals surface area contributed by atoms with Crippen molar-refractivity contribution in [3.05, 3.63) is 283 Å². The van der Waals surface area contributed by atoms with E-state index in [4.69, 9.17) is 17.2 Å². The molecule has 3 saturated heterocycles. The second kappa shape index (κ2) is 38.6. The number of likely N-dealkylation sites (N-methyl/N-ethyl adjacent to an activating group) is 3. The fourth-order valence-corrected chi connectivity index (χ4v) is 14.1. The second-order valence-corrected chi connectivity index (χ2v) is 30.1. The summed E-state index contributed by atoms with van der Waals surface area (Å²) in [4.78, 5) is 75.9. The van der Waals surface area contributed by atoms with E-state index >= 15 is 0 Å². The number of piperazine rings is 3. The van der Waals surface area contributed by atoms with E-state index in [1.165, 1.54) is 116 Å². The number of carbonyl (C=O) groups excluding carboxylic acids is 3. The number of halogens is 11. The Balaban J connectivity index is 0.000000161. The lowest BCUT2D eigenvalue weighted by Gasteiger charge is -2.33. The molecule has 3 amide bonds. The number of benzene rings is 6. The summed E-state index contributed by atoms with van der Waals surface area (Å²) in [7, 11) is 5.95. The number of fused-ring (bicyclic) bond motifs is 3. The van der Waals surface area contributed by atoms with E-state index in [0.29, 0.717) is 100 Å². The van der Waals surface area contributed by atoms with Gasteiger partial charge >= 0.3 is 18.5 Å². The van der Waals surface area contributed by atoms with E-state index in [2.05, 4.69) is 102 Å². The van der Waals surface area contributed by atoms with Crippen LogP contribution in [0.3, 0.4) is 0 Å². The molecule has 125 heavy (non-hydrogen) atoms. The quantitative estimate of drug-likeness (QED) is 0.0489. The molecule has 0 bridgehead atoms. The third kappa shape index (κ3) is 22.4. The largest absolute Gasteiger partial charge is 0.416 e. The van der Waals surface area contributed by atoms with Gasteiger partial charge < -0.3 is 47.9 Å². The van der Waals surface area contributed by atoms with Gasteiger partial charge in [-0.15, -0.1) is 0 Å². The predicted octanol–water partition coefficient (Wildman–Crippen LogP) is 14.3. The summed E-state index contributed by atoms with van der Waals surface area (Å²) in [5.74, 6) is 15.0. The molecule has 6 aromatic heterocycles. The standard InChI is InChI=1S/C31H28F4N6O.C31H26F3N7O.C30H26F4N6O/c1-19-20(7-9-25-24-4-3-5-28(32)26(24)17-38-29(25)36)14-22(16-37-19)30(42)39-23-8-6-21(27(15-23)31(33,34)35)18-41-12-10-40(2)11-13-41;1-40-8-10-41(11-9-40)19-23-5-6-25(14-28(23)31(32,33)34)39-30(42)24-12-21(16-37-17-24)3-7-26-27-13-20(15-35)2-4-22(27)18-38-29(26)36;1-39-9-11-40(12-10-39)18-20-6-7-22(14-26(20)30(32,33)34)38-29(41)21-13-19(15-36-16-21)5-8-24-23-3-2-4-27(31)25(23)17-37-28(24)35/h3-6,8,14-17H,10-13,18H2,1-2H3,(H2,36,38)(H,39,42);2,4-6,12-14,16-18H,8-11,19H2,1H3,(H2,36,38)(H,39,42);2-4,6-7,13-17H,9-12,18H2,1H3,(H2,35,37)(H,38,41). The first-order valence-electron chi connectivity index (χ1n) is 39.1. The fraction of sp³-hybridized carbons (Fsp3) is 0.239. The molecule has 0 saturated carbocycles. The van der Waals surface area contributed by atoms with Crippen LogP contribution in [0.4, 0.5) is 82.8 Å². The first-order chi connectivity index (χ1) is 59.7. The molecule has 0 radical (unpaired) electrons. The average molecular weight is 1710 g/mol. The number of hydrogen-bond donors (Lipinski definition) is 6. The number of nitrogen functional groups attached to an aromatic ring is 3. The second-order valence-electron chi connectivity index (χ2n) is 30.1. The minimum Gasteiger partial charge on any atom is -0.383 e. The van der Waals surface area contributed by atoms with E-state index in [-0.39, 0.29) is 98.3 Å². The highest BCUT2D eigenvalue weighted by Gasteiger charge is 2.38. The number of carbonyl (C=O) groups is 3. The molecule has 33 heteroatoms. The Morgan fingerprint density at radius 3 is 1.14 bits per heavy atom. The van der Waals surface area contributed by atoms with Gasteiger partial charge in [-0.05, 0) is 124 Å². The average Bonchev–Trinajstić information content (AvgIpc) is 0.775. The number of hydrogen-bond acceptors (Lipinski definition) is 19. The number of nitrogens with zero attached hydrogens (tertiary/aromatic N) is 13. The highest BCUT2D eigenvalue weighted by Crippen LogP contribution is 2.39. The third-order valence-electron chi connectivity index (χ3n) is 21.2. The van der Waals surface area contributed by atoms with Crippen molar-refractivity contribution in [2.24, 2.45) is 0 Å². The number of alkyl halides is 9. The maximum atomic E-state index is 14.2. The number of aromatic nitrogens is 6. The van der Waals surface area contributed by atoms with Crippen LogP contribution in [0.15, 0.2) is 177 Å². The van der Waals surface area contributed by atoms with Crippen LogP contribution in [0, 0.1) is 65.4 Å². The van der Waals surface area contributed by atoms with Crippen molar-refractivity contribution in [3.8, 4) is 41.6 Å². The van der Waals surface area contributed by atoms with Crippen LogP contribution in [0.25, 0.3) is 32.3 Å². The fourth-order valence-electron chi connectivity index (χ4n) is 14.1. The number of nitriles is 1. The first-order valence-corrected chi connectivity index (χ1v) is 39.1. The van der Waals surface area contributed by atoms with Gasteiger partial charge in [0.05, 0.1) is 67.4 Å². The molecule has 9 heterocycles. The molecule has 0 atom stereocenters. The maximum absolute atomic E-state index is 14.2. The lowest BCUT2D eigenvalue weighted by molar-refractivity contribution is -0.139. The zero-order chi connectivity index (χ0) is 89.0. The number of nitrogens with one attached hydrogen (secondary N) is 3. The zero-order valence-electron chi connectivity index (χ0n) is 67.8. The molecule has 3 aliphatic heterocycles. The Bertz CT molecular complexity index is 6360. The molecule has 9 N–H and O–H groups in total. The van der Waals surface area contributed by atoms with Gasteiger partial charge in [0.25, 0.3) is 17.7 Å². The summed E-state index contributed by atoms with van der Waals surface area (Å²) in [6.45, 7) is 11.0. The number of aryl methyl sites for hydroxylation is 1. The molecule has 12 aromatic rings. The molecule has 0 unspecified atom stereocenters. The number of amides is 3. The highest BCUT2D eigenvalue weighted by atomic mass is 19.4. The van der Waals surface area contributed by atoms with E-state index in [1.807, 2.05) is 35.8 Å². The normalized spacial score (nSPS) is 14.4. The van der Waals surface area contributed by atoms with Gasteiger partial charge in [0, 0.05) is 214 Å². The minimum atomic E-state index is -4.59. The monoisotopic (exact) mass is 1710 g/mol. The summed E-state index contributed by atoms with van der Waals surface area (Å²) >= 11 is 0. The van der Waals surface area contributed by atoms with Crippen LogP contribution in [0.2, 0.25) is 0 Å². The van der Waals surface area contributed by atoms with E-state index in [0.717, 1.165) is 62.9 Å². The van der Waals surface area contributed by atoms with E-state index in [9.17, 15) is 67.9 Å². The smallest absolute Gasteiger partial charge is 0.383 e. The van der Waals surface area contributed by atoms with Crippen LogP contribution in [-0.2, 0) is 38.2 Å². The SMILES string of the molecule is CN1CCN(Cc2ccc(NC(=O)c3cncc(C#Cc4c(N)ncc5c(F)cccc45)c3)cc2C(F)(F)F)CC1.CN1CCN(Cc2ccc(NC(=O)c3cncc(C#Cc4c(N)ncc5ccc(C#N)cc45)c3)cc2C(F)(F)F)CC1.Cc1ncc(C(=O)Nc2ccc(CN3CCN(C)CC3)c(C(F)(F)F)c2)cc1C#Cc1c(N)ncc2c(F)cccc12. The predicted molar refractivity (Wildman–Crippen MR) is 455 cm³/mol. The first kappa shape index (κ1) is 88.7. The number of rotatable bonds is 12. The van der Waals surface area contributed by atoms with Gasteiger partial charge in [-0.25, -0.2) is 23.7 Å². The molecule has 15 rings (SSSR count). The third-order valence-corrected chi connectivity index (χ3v) is 21.2. The molecule has 0 aliphatic carbocycles. The van der Waals surface area contributed by atoms with Crippen LogP contribution in [0.1, 0.15) is 109 Å². The Morgan fingerprint density at radius 1 is 0.392 bits per heavy atom. The molecule has 3 fully saturated rings. The molecule has 638 valence electrons. The maximum Gasteiger partial charge on any atom is 0.416 e. The Hall–Kier alpha value is -14.0. The Kier molecular flexibility index (Phi) is 27.4. The Morgan fingerprint density at radius 2 is 0.760 bits per heavy atom. The molecular weight excluding hydrogens is 1630 g/mol. The zero-order valence-corrected chi connectivity index (χ0v) is 67.8. The van der Waals surface area contributed by atoms with Crippen molar-refractivity contribution >= 4 is 84.6 Å². The van der Waals surface area contributed by atoms with Crippen LogP contribution in [0.5, 0.6) is 0 Å². The van der Waals surface area contributed by atoms with Crippen LogP contribution < -0.4 is 33.2 Å². The van der Waals surface area contributed by atoms with Crippen molar-refractivity contribution in [3.63, 3.8) is 0 Å². The van der Waals surface area contributed by atoms with Gasteiger partial charge in [0.2, 0.25) is 0 Å². The van der Waals surface area contributed by atoms with Crippen LogP contribution in [-0.4, -0.2) is 177 Å². The van der Waals surface area contributed by atoms with Crippen molar-refractivity contribution in [2.45, 2.75) is 45.1 Å². The van der Waals surface area contributed by atoms with E-state index < -0.39 is 64.6 Å². The van der Waals surface area contributed by atoms with Crippen LogP contribution >= 0.6 is 0 Å². The van der Waals surface area contributed by atoms with Gasteiger partial charge in [0.15, 0.2) is 0 Å². The minimum absolute atomic E-state index is 0.0116. The molecule has 22 nitrogen and oxygen atoms in total. The van der Waals surface area contributed by atoms with Gasteiger partial charge in [0.1, 0.15) is 29.1 Å². The van der Waals surface area contributed by atoms with Gasteiger partial charge in [-0.3, -0.25) is 44.0 Å². The lowest BCUT2D eigenvalue weighted by Crippen LogP contribution is -2.44. The molecule has 3 aliphatic rings. The number of anilines is 6. The van der Waals surface area contributed by atoms with Crippen molar-refractivity contribution < 1.29 is 62.7 Å². The van der Waals surface area contributed by atoms with Crippen molar-refractivity contribution in [1.29, 1.82) is 5.26 Å². The van der Waals surface area contributed by atoms with Gasteiger partial charge in [-0.2, -0.15) is 44.8 Å². The molecule has 6 aromatic carbocycles. The summed E-state index contributed by atoms with van der Waals surface area (Å²) in [5, 5.41) is 19.8. The number of nitrogens with two attached hydrogens (primary N) is 3. The summed E-state index contributed by atoms with van der Waals surface area (Å²) in [6.07, 6.45) is -2.69. The lowest BCUT2D eigenvalue weighted by atomic mass is 10.0. The van der Waals surface area contributed by atoms with E-state index in [1.54, 1.807) is 49.5 Å². The van der Waals surface area contributed by atoms with Crippen molar-refractivity contribution in [2.75, 3.05) is 133 Å². The highest BCUT2D eigenvalue weighted by molar-refractivity contribution is 6.06. The summed E-state index contributed by atoms with van der Waals surface area (Å²) in [5.41, 5.74) is 19.7. The summed E-state index contributed by atoms with van der Waals surface area (Å²) < 4.78 is 154. The topological polar surface area (TPSA) is 286 Å². The Labute approximate surface area is 711 Å². The summed E-state index contributed by atoms with van der Waals surface area (Å²) in [6, 6.07) is 32.2. The number of pyridine rings is 6. The van der Waals surface area contributed by atoms with Crippen molar-refractivity contribution in [1.82, 2.24) is 59.3 Å².